The van der Waals surface area contributed by atoms with Crippen molar-refractivity contribution in [3.63, 3.8) is 0 Å². The summed E-state index contributed by atoms with van der Waals surface area (Å²) in [5, 5.41) is 0. The van der Waals surface area contributed by atoms with Gasteiger partial charge in [-0.15, -0.1) is 0 Å². The quantitative estimate of drug-likeness (QED) is 0.772. The number of aromatic nitrogens is 4. The molecule has 0 saturated carbocycles. The highest BCUT2D eigenvalue weighted by Crippen LogP contribution is 2.19. The van der Waals surface area contributed by atoms with E-state index in [0.29, 0.717) is 23.7 Å². The number of hydrogen-bond donors (Lipinski definition) is 1. The molecule has 3 aromatic rings. The van der Waals surface area contributed by atoms with Crippen molar-refractivity contribution in [1.29, 1.82) is 0 Å². The minimum absolute atomic E-state index is 0.405. The van der Waals surface area contributed by atoms with Crippen LogP contribution in [0.1, 0.15) is 5.56 Å². The Morgan fingerprint density at radius 1 is 1.21 bits per heavy atom. The number of rotatable bonds is 4. The fraction of sp³-hybridized carbons (Fsp3) is 0.154. The molecule has 0 aliphatic rings. The normalized spacial score (nSPS) is 10.6. The third-order valence-electron chi connectivity index (χ3n) is 2.70. The highest BCUT2D eigenvalue weighted by Gasteiger charge is 2.07. The number of imidazole rings is 1. The molecule has 0 aliphatic heterocycles. The summed E-state index contributed by atoms with van der Waals surface area (Å²) >= 11 is 0. The highest BCUT2D eigenvalue weighted by molar-refractivity contribution is 5.74. The first-order valence-electron chi connectivity index (χ1n) is 5.76. The van der Waals surface area contributed by atoms with Gasteiger partial charge in [0.05, 0.1) is 13.4 Å². The second-order valence-corrected chi connectivity index (χ2v) is 3.92. The van der Waals surface area contributed by atoms with Crippen molar-refractivity contribution in [3.8, 4) is 11.6 Å². The van der Waals surface area contributed by atoms with Gasteiger partial charge in [-0.3, -0.25) is 0 Å². The van der Waals surface area contributed by atoms with Gasteiger partial charge in [-0.25, -0.2) is 9.97 Å². The van der Waals surface area contributed by atoms with Crippen molar-refractivity contribution < 1.29 is 9.47 Å². The fourth-order valence-corrected chi connectivity index (χ4v) is 1.77. The number of benzene rings is 1. The average Bonchev–Trinajstić information content (AvgIpc) is 2.94. The van der Waals surface area contributed by atoms with Crippen LogP contribution in [0.2, 0.25) is 0 Å². The molecule has 2 heterocycles. The Balaban J connectivity index is 1.80. The molecule has 0 aliphatic carbocycles. The number of ether oxygens (including phenoxy) is 2. The summed E-state index contributed by atoms with van der Waals surface area (Å²) in [7, 11) is 1.64. The summed E-state index contributed by atoms with van der Waals surface area (Å²) in [6, 6.07) is 7.70. The molecule has 0 amide bonds. The van der Waals surface area contributed by atoms with E-state index in [1.54, 1.807) is 13.4 Å². The minimum atomic E-state index is 0.405. The van der Waals surface area contributed by atoms with Gasteiger partial charge in [0, 0.05) is 0 Å². The van der Waals surface area contributed by atoms with Gasteiger partial charge in [0.15, 0.2) is 5.65 Å². The fourth-order valence-electron chi connectivity index (χ4n) is 1.77. The van der Waals surface area contributed by atoms with Crippen LogP contribution in [0, 0.1) is 0 Å². The SMILES string of the molecule is COc1cccc(COc2ncnc3nc[nH]c23)c1. The standard InChI is InChI=1S/C13H12N4O2/c1-18-10-4-2-3-9(5-10)6-19-13-11-12(15-7-14-11)16-8-17-13/h2-5,7-8H,6H2,1H3,(H,14,15,16,17). The number of aromatic amines is 1. The zero-order valence-corrected chi connectivity index (χ0v) is 10.3. The number of H-pyrrole nitrogens is 1. The van der Waals surface area contributed by atoms with E-state index in [2.05, 4.69) is 19.9 Å². The van der Waals surface area contributed by atoms with Crippen LogP contribution in [0.15, 0.2) is 36.9 Å². The predicted molar refractivity (Wildman–Crippen MR) is 69.0 cm³/mol. The molecule has 1 aromatic carbocycles. The lowest BCUT2D eigenvalue weighted by Gasteiger charge is -2.07. The third-order valence-corrected chi connectivity index (χ3v) is 2.70. The molecule has 0 atom stereocenters. The number of hydrogen-bond acceptors (Lipinski definition) is 5. The average molecular weight is 256 g/mol. The Bertz CT molecular complexity index is 696. The monoisotopic (exact) mass is 256 g/mol. The maximum atomic E-state index is 5.69. The maximum absolute atomic E-state index is 5.69. The van der Waals surface area contributed by atoms with E-state index in [1.165, 1.54) is 6.33 Å². The summed E-state index contributed by atoms with van der Waals surface area (Å²) in [6.07, 6.45) is 3.00. The molecule has 6 heteroatoms. The molecular formula is C13H12N4O2. The van der Waals surface area contributed by atoms with Crippen molar-refractivity contribution in [2.75, 3.05) is 7.11 Å². The smallest absolute Gasteiger partial charge is 0.243 e. The molecule has 6 nitrogen and oxygen atoms in total. The van der Waals surface area contributed by atoms with E-state index in [4.69, 9.17) is 9.47 Å². The van der Waals surface area contributed by atoms with E-state index in [1.807, 2.05) is 24.3 Å². The van der Waals surface area contributed by atoms with Crippen LogP contribution in [0.3, 0.4) is 0 Å². The van der Waals surface area contributed by atoms with E-state index < -0.39 is 0 Å². The topological polar surface area (TPSA) is 72.9 Å². The van der Waals surface area contributed by atoms with Gasteiger partial charge in [0.2, 0.25) is 5.88 Å². The first-order valence-corrected chi connectivity index (χ1v) is 5.76. The van der Waals surface area contributed by atoms with Crippen LogP contribution < -0.4 is 9.47 Å². The van der Waals surface area contributed by atoms with E-state index in [0.717, 1.165) is 11.3 Å². The van der Waals surface area contributed by atoms with Crippen molar-refractivity contribution >= 4 is 11.2 Å². The molecule has 0 unspecified atom stereocenters. The molecule has 96 valence electrons. The number of nitrogens with one attached hydrogen (secondary N) is 1. The molecule has 0 spiro atoms. The summed E-state index contributed by atoms with van der Waals surface area (Å²) in [6.45, 7) is 0.405. The summed E-state index contributed by atoms with van der Waals surface area (Å²) in [4.78, 5) is 15.1. The van der Waals surface area contributed by atoms with E-state index in [9.17, 15) is 0 Å². The highest BCUT2D eigenvalue weighted by atomic mass is 16.5. The van der Waals surface area contributed by atoms with Crippen LogP contribution in [0.4, 0.5) is 0 Å². The second-order valence-electron chi connectivity index (χ2n) is 3.92. The Labute approximate surface area is 109 Å². The van der Waals surface area contributed by atoms with Crippen molar-refractivity contribution in [3.05, 3.63) is 42.5 Å². The predicted octanol–water partition coefficient (Wildman–Crippen LogP) is 1.94. The lowest BCUT2D eigenvalue weighted by molar-refractivity contribution is 0.296. The van der Waals surface area contributed by atoms with Crippen LogP contribution in [-0.2, 0) is 6.61 Å². The van der Waals surface area contributed by atoms with Crippen molar-refractivity contribution in [2.24, 2.45) is 0 Å². The van der Waals surface area contributed by atoms with Crippen molar-refractivity contribution in [2.45, 2.75) is 6.61 Å². The van der Waals surface area contributed by atoms with Gasteiger partial charge in [-0.1, -0.05) is 12.1 Å². The van der Waals surface area contributed by atoms with Gasteiger partial charge < -0.3 is 14.5 Å². The molecular weight excluding hydrogens is 244 g/mol. The zero-order chi connectivity index (χ0) is 13.1. The number of fused-ring (bicyclic) bond motifs is 1. The van der Waals surface area contributed by atoms with Crippen LogP contribution in [0.5, 0.6) is 11.6 Å². The van der Waals surface area contributed by atoms with E-state index in [-0.39, 0.29) is 0 Å². The molecule has 0 radical (unpaired) electrons. The Morgan fingerprint density at radius 3 is 3.05 bits per heavy atom. The molecule has 19 heavy (non-hydrogen) atoms. The molecule has 0 saturated heterocycles. The van der Waals surface area contributed by atoms with Gasteiger partial charge in [-0.2, -0.15) is 4.98 Å². The third kappa shape index (κ3) is 2.33. The van der Waals surface area contributed by atoms with Crippen LogP contribution >= 0.6 is 0 Å². The molecule has 0 bridgehead atoms. The molecule has 2 aromatic heterocycles. The Kier molecular flexibility index (Phi) is 2.97. The Hall–Kier alpha value is -2.63. The lowest BCUT2D eigenvalue weighted by atomic mass is 10.2. The van der Waals surface area contributed by atoms with Gasteiger partial charge in [0.1, 0.15) is 24.2 Å². The maximum Gasteiger partial charge on any atom is 0.243 e. The minimum Gasteiger partial charge on any atom is -0.497 e. The number of methoxy groups -OCH3 is 1. The van der Waals surface area contributed by atoms with Gasteiger partial charge >= 0.3 is 0 Å². The number of nitrogens with zero attached hydrogens (tertiary/aromatic N) is 3. The lowest BCUT2D eigenvalue weighted by Crippen LogP contribution is -1.99. The molecule has 0 fully saturated rings. The summed E-state index contributed by atoms with van der Waals surface area (Å²) in [5.41, 5.74) is 2.30. The second kappa shape index (κ2) is 4.93. The Morgan fingerprint density at radius 2 is 2.16 bits per heavy atom. The molecule has 1 N–H and O–H groups in total. The van der Waals surface area contributed by atoms with Crippen LogP contribution in [-0.4, -0.2) is 27.0 Å². The first-order chi connectivity index (χ1) is 9.36. The van der Waals surface area contributed by atoms with Crippen LogP contribution in [0.25, 0.3) is 11.2 Å². The summed E-state index contributed by atoms with van der Waals surface area (Å²) in [5.74, 6) is 1.29. The van der Waals surface area contributed by atoms with Gasteiger partial charge in [-0.05, 0) is 17.7 Å². The first kappa shape index (κ1) is 11.5. The van der Waals surface area contributed by atoms with Gasteiger partial charge in [0.25, 0.3) is 0 Å². The molecule has 3 rings (SSSR count). The largest absolute Gasteiger partial charge is 0.497 e. The summed E-state index contributed by atoms with van der Waals surface area (Å²) < 4.78 is 10.9. The zero-order valence-electron chi connectivity index (χ0n) is 10.3. The van der Waals surface area contributed by atoms with Crippen molar-refractivity contribution in [1.82, 2.24) is 19.9 Å². The van der Waals surface area contributed by atoms with E-state index >= 15 is 0 Å².